The van der Waals surface area contributed by atoms with Gasteiger partial charge in [0, 0.05) is 10.9 Å². The molecule has 2 aromatic rings. The molecule has 0 aliphatic heterocycles. The lowest BCUT2D eigenvalue weighted by Gasteiger charge is -2.06. The van der Waals surface area contributed by atoms with Crippen LogP contribution in [0.25, 0.3) is 0 Å². The van der Waals surface area contributed by atoms with Crippen LogP contribution in [0.2, 0.25) is 0 Å². The van der Waals surface area contributed by atoms with Crippen molar-refractivity contribution in [3.8, 4) is 6.07 Å². The Morgan fingerprint density at radius 2 is 2.11 bits per heavy atom. The summed E-state index contributed by atoms with van der Waals surface area (Å²) in [6.07, 6.45) is 1.48. The summed E-state index contributed by atoms with van der Waals surface area (Å²) in [5.41, 5.74) is 1.28. The number of hydrogen-bond donors (Lipinski definition) is 2. The second-order valence-corrected chi connectivity index (χ2v) is 4.68. The Hall–Kier alpha value is -2.13. The minimum atomic E-state index is 0.237. The van der Waals surface area contributed by atoms with Gasteiger partial charge in [0.2, 0.25) is 0 Å². The molecular formula is C12H13N5S. The molecule has 2 N–H and O–H groups in total. The van der Waals surface area contributed by atoms with E-state index in [0.29, 0.717) is 5.82 Å². The highest BCUT2D eigenvalue weighted by Crippen LogP contribution is 2.17. The third-order valence-corrected chi connectivity index (χ3v) is 3.44. The Bertz CT molecular complexity index is 558. The average molecular weight is 259 g/mol. The quantitative estimate of drug-likeness (QED) is 0.806. The summed E-state index contributed by atoms with van der Waals surface area (Å²) in [7, 11) is 0. The summed E-state index contributed by atoms with van der Waals surface area (Å²) in [4.78, 5) is 9.46. The molecule has 0 amide bonds. The molecule has 0 radical (unpaired) electrons. The van der Waals surface area contributed by atoms with Gasteiger partial charge in [0.1, 0.15) is 24.5 Å². The van der Waals surface area contributed by atoms with Gasteiger partial charge in [0.15, 0.2) is 0 Å². The molecule has 2 aromatic heterocycles. The third-order valence-electron chi connectivity index (χ3n) is 2.41. The molecule has 0 aromatic carbocycles. The Labute approximate surface area is 110 Å². The zero-order chi connectivity index (χ0) is 12.8. The highest BCUT2D eigenvalue weighted by molar-refractivity contribution is 7.10. The second kappa shape index (κ2) is 5.98. The maximum Gasteiger partial charge on any atom is 0.132 e. The number of aromatic nitrogens is 2. The Morgan fingerprint density at radius 1 is 1.33 bits per heavy atom. The normalized spacial score (nSPS) is 9.78. The molecule has 5 nitrogen and oxygen atoms in total. The van der Waals surface area contributed by atoms with Gasteiger partial charge in [-0.25, -0.2) is 9.97 Å². The van der Waals surface area contributed by atoms with Crippen LogP contribution < -0.4 is 10.6 Å². The van der Waals surface area contributed by atoms with Crippen LogP contribution in [0.4, 0.5) is 11.6 Å². The van der Waals surface area contributed by atoms with E-state index in [4.69, 9.17) is 5.26 Å². The van der Waals surface area contributed by atoms with Crippen molar-refractivity contribution in [3.63, 3.8) is 0 Å². The third kappa shape index (κ3) is 3.18. The Morgan fingerprint density at radius 3 is 2.78 bits per heavy atom. The maximum atomic E-state index is 8.49. The lowest BCUT2D eigenvalue weighted by atomic mass is 10.3. The van der Waals surface area contributed by atoms with Crippen molar-refractivity contribution in [2.24, 2.45) is 0 Å². The number of aryl methyl sites for hydroxylation is 1. The molecule has 0 bridgehead atoms. The van der Waals surface area contributed by atoms with Gasteiger partial charge >= 0.3 is 0 Å². The van der Waals surface area contributed by atoms with Crippen molar-refractivity contribution in [2.45, 2.75) is 13.5 Å². The monoisotopic (exact) mass is 259 g/mol. The number of nitrogens with one attached hydrogen (secondary N) is 2. The van der Waals surface area contributed by atoms with E-state index in [1.807, 2.05) is 6.07 Å². The molecule has 92 valence electrons. The van der Waals surface area contributed by atoms with E-state index in [0.717, 1.165) is 12.4 Å². The summed E-state index contributed by atoms with van der Waals surface area (Å²) >= 11 is 1.72. The van der Waals surface area contributed by atoms with E-state index >= 15 is 0 Å². The fraction of sp³-hybridized carbons (Fsp3) is 0.250. The first kappa shape index (κ1) is 12.3. The van der Waals surface area contributed by atoms with E-state index in [1.165, 1.54) is 16.8 Å². The molecular weight excluding hydrogens is 246 g/mol. The largest absolute Gasteiger partial charge is 0.365 e. The van der Waals surface area contributed by atoms with Gasteiger partial charge in [0.05, 0.1) is 12.6 Å². The number of hydrogen-bond acceptors (Lipinski definition) is 6. The number of rotatable bonds is 5. The molecule has 0 aliphatic carbocycles. The second-order valence-electron chi connectivity index (χ2n) is 3.68. The summed E-state index contributed by atoms with van der Waals surface area (Å²) < 4.78 is 0. The van der Waals surface area contributed by atoms with Gasteiger partial charge in [-0.3, -0.25) is 0 Å². The molecule has 0 spiro atoms. The Kier molecular flexibility index (Phi) is 4.10. The SMILES string of the molecule is Cc1ccsc1CNc1cc(NCC#N)ncn1. The van der Waals surface area contributed by atoms with Crippen molar-refractivity contribution < 1.29 is 0 Å². The van der Waals surface area contributed by atoms with Crippen molar-refractivity contribution in [2.75, 3.05) is 17.2 Å². The van der Waals surface area contributed by atoms with Gasteiger partial charge in [-0.2, -0.15) is 5.26 Å². The van der Waals surface area contributed by atoms with Crippen molar-refractivity contribution in [1.29, 1.82) is 5.26 Å². The van der Waals surface area contributed by atoms with Crippen LogP contribution in [0.1, 0.15) is 10.4 Å². The smallest absolute Gasteiger partial charge is 0.132 e. The highest BCUT2D eigenvalue weighted by atomic mass is 32.1. The van der Waals surface area contributed by atoms with Crippen LogP contribution in [0.3, 0.4) is 0 Å². The summed E-state index contributed by atoms with van der Waals surface area (Å²) in [5.74, 6) is 1.40. The van der Waals surface area contributed by atoms with Gasteiger partial charge in [-0.1, -0.05) is 0 Å². The number of anilines is 2. The lowest BCUT2D eigenvalue weighted by Crippen LogP contribution is -2.05. The average Bonchev–Trinajstić information content (AvgIpc) is 2.80. The van der Waals surface area contributed by atoms with Gasteiger partial charge in [0.25, 0.3) is 0 Å². The molecule has 18 heavy (non-hydrogen) atoms. The summed E-state index contributed by atoms with van der Waals surface area (Å²) in [6.45, 7) is 3.08. The number of nitrogens with zero attached hydrogens (tertiary/aromatic N) is 3. The maximum absolute atomic E-state index is 8.49. The number of nitriles is 1. The first-order valence-corrected chi connectivity index (χ1v) is 6.37. The highest BCUT2D eigenvalue weighted by Gasteiger charge is 2.01. The molecule has 0 fully saturated rings. The van der Waals surface area contributed by atoms with Gasteiger partial charge in [-0.05, 0) is 23.9 Å². The van der Waals surface area contributed by atoms with E-state index in [1.54, 1.807) is 17.4 Å². The van der Waals surface area contributed by atoms with Crippen LogP contribution in [-0.4, -0.2) is 16.5 Å². The van der Waals surface area contributed by atoms with E-state index in [9.17, 15) is 0 Å². The lowest BCUT2D eigenvalue weighted by molar-refractivity contribution is 1.08. The molecule has 0 saturated carbocycles. The van der Waals surface area contributed by atoms with E-state index in [2.05, 4.69) is 39.0 Å². The van der Waals surface area contributed by atoms with Crippen molar-refractivity contribution >= 4 is 23.0 Å². The van der Waals surface area contributed by atoms with E-state index in [-0.39, 0.29) is 6.54 Å². The predicted octanol–water partition coefficient (Wildman–Crippen LogP) is 2.39. The van der Waals surface area contributed by atoms with E-state index < -0.39 is 0 Å². The van der Waals surface area contributed by atoms with Crippen molar-refractivity contribution in [1.82, 2.24) is 9.97 Å². The molecule has 0 atom stereocenters. The van der Waals surface area contributed by atoms with Gasteiger partial charge in [-0.15, -0.1) is 11.3 Å². The summed E-state index contributed by atoms with van der Waals surface area (Å²) in [5, 5.41) is 16.7. The standard InChI is InChI=1S/C12H13N5S/c1-9-2-5-18-10(9)7-15-12-6-11(14-4-3-13)16-8-17-12/h2,5-6,8H,4,7H2,1H3,(H2,14,15,16,17). The summed E-state index contributed by atoms with van der Waals surface area (Å²) in [6, 6.07) is 5.90. The topological polar surface area (TPSA) is 73.6 Å². The Balaban J connectivity index is 1.97. The molecule has 0 aliphatic rings. The van der Waals surface area contributed by atoms with Crippen LogP contribution >= 0.6 is 11.3 Å². The fourth-order valence-electron chi connectivity index (χ4n) is 1.44. The first-order chi connectivity index (χ1) is 8.79. The molecule has 6 heteroatoms. The van der Waals surface area contributed by atoms with Crippen LogP contribution in [-0.2, 0) is 6.54 Å². The van der Waals surface area contributed by atoms with Crippen LogP contribution in [0.15, 0.2) is 23.8 Å². The molecule has 0 saturated heterocycles. The fourth-order valence-corrected chi connectivity index (χ4v) is 2.28. The zero-order valence-corrected chi connectivity index (χ0v) is 10.8. The molecule has 2 heterocycles. The minimum Gasteiger partial charge on any atom is -0.365 e. The zero-order valence-electron chi connectivity index (χ0n) is 9.97. The van der Waals surface area contributed by atoms with Crippen LogP contribution in [0.5, 0.6) is 0 Å². The molecule has 2 rings (SSSR count). The minimum absolute atomic E-state index is 0.237. The van der Waals surface area contributed by atoms with Crippen molar-refractivity contribution in [3.05, 3.63) is 34.3 Å². The van der Waals surface area contributed by atoms with Crippen LogP contribution in [0, 0.1) is 18.3 Å². The first-order valence-electron chi connectivity index (χ1n) is 5.49. The molecule has 0 unspecified atom stereocenters. The predicted molar refractivity (Wildman–Crippen MR) is 72.5 cm³/mol. The number of thiophene rings is 1. The van der Waals surface area contributed by atoms with Gasteiger partial charge < -0.3 is 10.6 Å².